The molecule has 2 nitrogen and oxygen atoms in total. The zero-order valence-electron chi connectivity index (χ0n) is 7.39. The molecule has 5 heteroatoms. The van der Waals surface area contributed by atoms with Gasteiger partial charge in [0.05, 0.1) is 12.5 Å². The third kappa shape index (κ3) is 2.02. The molecule has 74 valence electrons. The SMILES string of the molecule is Cc1nc(F)c(CC#N)cc1C(F)F. The van der Waals surface area contributed by atoms with E-state index in [0.29, 0.717) is 0 Å². The Balaban J connectivity index is 3.21. The van der Waals surface area contributed by atoms with E-state index >= 15 is 0 Å². The summed E-state index contributed by atoms with van der Waals surface area (Å²) in [7, 11) is 0. The normalized spacial score (nSPS) is 10.3. The van der Waals surface area contributed by atoms with Gasteiger partial charge in [0.25, 0.3) is 6.43 Å². The van der Waals surface area contributed by atoms with E-state index in [1.165, 1.54) is 6.92 Å². The number of nitrogens with zero attached hydrogens (tertiary/aromatic N) is 2. The maximum Gasteiger partial charge on any atom is 0.265 e. The van der Waals surface area contributed by atoms with Crippen LogP contribution in [0.1, 0.15) is 23.2 Å². The van der Waals surface area contributed by atoms with E-state index in [4.69, 9.17) is 5.26 Å². The Morgan fingerprint density at radius 1 is 1.57 bits per heavy atom. The van der Waals surface area contributed by atoms with Gasteiger partial charge in [0, 0.05) is 16.8 Å². The average molecular weight is 200 g/mol. The van der Waals surface area contributed by atoms with E-state index in [1.807, 2.05) is 0 Å². The summed E-state index contributed by atoms with van der Waals surface area (Å²) in [4.78, 5) is 3.32. The van der Waals surface area contributed by atoms with E-state index in [-0.39, 0.29) is 23.2 Å². The monoisotopic (exact) mass is 200 g/mol. The molecule has 0 saturated carbocycles. The first-order chi connectivity index (χ1) is 6.56. The number of nitriles is 1. The van der Waals surface area contributed by atoms with Crippen molar-refractivity contribution in [3.05, 3.63) is 28.8 Å². The number of alkyl halides is 2. The van der Waals surface area contributed by atoms with Crippen molar-refractivity contribution >= 4 is 0 Å². The zero-order valence-corrected chi connectivity index (χ0v) is 7.39. The molecular weight excluding hydrogens is 193 g/mol. The standard InChI is InChI=1S/C9H7F3N2/c1-5-7(8(10)11)4-6(2-3-13)9(12)14-5/h4,8H,2H2,1H3. The van der Waals surface area contributed by atoms with Crippen molar-refractivity contribution in [2.45, 2.75) is 19.8 Å². The first-order valence-electron chi connectivity index (χ1n) is 3.87. The van der Waals surface area contributed by atoms with Crippen LogP contribution >= 0.6 is 0 Å². The highest BCUT2D eigenvalue weighted by Crippen LogP contribution is 2.23. The van der Waals surface area contributed by atoms with Gasteiger partial charge in [-0.25, -0.2) is 13.8 Å². The molecule has 0 fully saturated rings. The molecule has 0 bridgehead atoms. The molecular formula is C9H7F3N2. The lowest BCUT2D eigenvalue weighted by molar-refractivity contribution is 0.149. The topological polar surface area (TPSA) is 36.7 Å². The molecule has 0 amide bonds. The summed E-state index contributed by atoms with van der Waals surface area (Å²) in [5.74, 6) is -0.853. The van der Waals surface area contributed by atoms with Crippen LogP contribution in [0.5, 0.6) is 0 Å². The summed E-state index contributed by atoms with van der Waals surface area (Å²) in [5.41, 5.74) is -0.454. The minimum atomic E-state index is -2.69. The number of pyridine rings is 1. The van der Waals surface area contributed by atoms with Crippen molar-refractivity contribution in [1.82, 2.24) is 4.98 Å². The van der Waals surface area contributed by atoms with Crippen molar-refractivity contribution in [3.8, 4) is 6.07 Å². The molecule has 14 heavy (non-hydrogen) atoms. The maximum atomic E-state index is 13.0. The summed E-state index contributed by atoms with van der Waals surface area (Å²) >= 11 is 0. The fraction of sp³-hybridized carbons (Fsp3) is 0.333. The summed E-state index contributed by atoms with van der Waals surface area (Å²) in [6.07, 6.45) is -2.95. The van der Waals surface area contributed by atoms with Gasteiger partial charge in [-0.05, 0) is 13.0 Å². The molecule has 0 unspecified atom stereocenters. The van der Waals surface area contributed by atoms with E-state index in [2.05, 4.69) is 4.98 Å². The summed E-state index contributed by atoms with van der Waals surface area (Å²) in [6, 6.07) is 2.68. The molecule has 1 aromatic heterocycles. The van der Waals surface area contributed by atoms with E-state index < -0.39 is 12.4 Å². The lowest BCUT2D eigenvalue weighted by Gasteiger charge is -2.06. The maximum absolute atomic E-state index is 13.0. The van der Waals surface area contributed by atoms with Crippen LogP contribution in [0.25, 0.3) is 0 Å². The van der Waals surface area contributed by atoms with Crippen molar-refractivity contribution in [2.24, 2.45) is 0 Å². The van der Waals surface area contributed by atoms with Crippen LogP contribution in [0.15, 0.2) is 6.07 Å². The van der Waals surface area contributed by atoms with Crippen LogP contribution < -0.4 is 0 Å². The Morgan fingerprint density at radius 3 is 2.71 bits per heavy atom. The molecule has 0 aromatic carbocycles. The fourth-order valence-electron chi connectivity index (χ4n) is 1.07. The third-order valence-corrected chi connectivity index (χ3v) is 1.78. The third-order valence-electron chi connectivity index (χ3n) is 1.78. The molecule has 0 radical (unpaired) electrons. The molecule has 0 spiro atoms. The largest absolute Gasteiger partial charge is 0.265 e. The molecule has 1 heterocycles. The minimum absolute atomic E-state index is 0.0424. The highest BCUT2D eigenvalue weighted by atomic mass is 19.3. The fourth-order valence-corrected chi connectivity index (χ4v) is 1.07. The van der Waals surface area contributed by atoms with Gasteiger partial charge in [0.15, 0.2) is 0 Å². The van der Waals surface area contributed by atoms with Gasteiger partial charge in [0.1, 0.15) is 0 Å². The number of halogens is 3. The van der Waals surface area contributed by atoms with E-state index in [9.17, 15) is 13.2 Å². The zero-order chi connectivity index (χ0) is 10.7. The van der Waals surface area contributed by atoms with Gasteiger partial charge in [-0.3, -0.25) is 0 Å². The van der Waals surface area contributed by atoms with Crippen molar-refractivity contribution in [1.29, 1.82) is 5.26 Å². The molecule has 0 saturated heterocycles. The molecule has 0 N–H and O–H groups in total. The first kappa shape index (κ1) is 10.5. The summed E-state index contributed by atoms with van der Waals surface area (Å²) < 4.78 is 37.6. The Morgan fingerprint density at radius 2 is 2.21 bits per heavy atom. The van der Waals surface area contributed by atoms with Crippen LogP contribution in [0.2, 0.25) is 0 Å². The van der Waals surface area contributed by atoms with Crippen LogP contribution in [0, 0.1) is 24.2 Å². The predicted octanol–water partition coefficient (Wildman–Crippen LogP) is 2.53. The van der Waals surface area contributed by atoms with Crippen molar-refractivity contribution in [2.75, 3.05) is 0 Å². The van der Waals surface area contributed by atoms with E-state index in [0.717, 1.165) is 6.07 Å². The number of hydrogen-bond donors (Lipinski definition) is 0. The number of rotatable bonds is 2. The second-order valence-electron chi connectivity index (χ2n) is 2.75. The first-order valence-corrected chi connectivity index (χ1v) is 3.87. The quantitative estimate of drug-likeness (QED) is 0.688. The van der Waals surface area contributed by atoms with Gasteiger partial charge in [-0.15, -0.1) is 0 Å². The van der Waals surface area contributed by atoms with Crippen LogP contribution in [-0.2, 0) is 6.42 Å². The lowest BCUT2D eigenvalue weighted by atomic mass is 10.1. The Labute approximate surface area is 79.0 Å². The van der Waals surface area contributed by atoms with Gasteiger partial charge in [-0.1, -0.05) is 0 Å². The Bertz CT molecular complexity index is 382. The number of aryl methyl sites for hydroxylation is 1. The van der Waals surface area contributed by atoms with Crippen LogP contribution in [0.4, 0.5) is 13.2 Å². The second kappa shape index (κ2) is 4.09. The smallest absolute Gasteiger partial charge is 0.224 e. The molecule has 1 rings (SSSR count). The van der Waals surface area contributed by atoms with Crippen LogP contribution in [0.3, 0.4) is 0 Å². The average Bonchev–Trinajstić information content (AvgIpc) is 2.09. The second-order valence-corrected chi connectivity index (χ2v) is 2.75. The number of aromatic nitrogens is 1. The van der Waals surface area contributed by atoms with Gasteiger partial charge >= 0.3 is 0 Å². The molecule has 0 aliphatic carbocycles. The van der Waals surface area contributed by atoms with Crippen molar-refractivity contribution < 1.29 is 13.2 Å². The lowest BCUT2D eigenvalue weighted by Crippen LogP contribution is -2.01. The van der Waals surface area contributed by atoms with Crippen molar-refractivity contribution in [3.63, 3.8) is 0 Å². The summed E-state index contributed by atoms with van der Waals surface area (Å²) in [6.45, 7) is 1.31. The molecule has 1 aromatic rings. The van der Waals surface area contributed by atoms with Crippen LogP contribution in [-0.4, -0.2) is 4.98 Å². The predicted molar refractivity (Wildman–Crippen MR) is 43.2 cm³/mol. The Hall–Kier alpha value is -1.57. The number of hydrogen-bond acceptors (Lipinski definition) is 2. The molecule has 0 atom stereocenters. The summed E-state index contributed by atoms with van der Waals surface area (Å²) in [5, 5.41) is 8.31. The molecule has 0 aliphatic heterocycles. The molecule has 0 aliphatic rings. The minimum Gasteiger partial charge on any atom is -0.224 e. The van der Waals surface area contributed by atoms with Gasteiger partial charge in [-0.2, -0.15) is 9.65 Å². The van der Waals surface area contributed by atoms with E-state index in [1.54, 1.807) is 6.07 Å². The Kier molecular flexibility index (Phi) is 3.07. The highest BCUT2D eigenvalue weighted by Gasteiger charge is 2.15. The highest BCUT2D eigenvalue weighted by molar-refractivity contribution is 5.28. The van der Waals surface area contributed by atoms with Gasteiger partial charge < -0.3 is 0 Å². The van der Waals surface area contributed by atoms with Gasteiger partial charge in [0.2, 0.25) is 5.95 Å².